The third-order valence-electron chi connectivity index (χ3n) is 5.21. The monoisotopic (exact) mass is 957 g/mol. The number of carbonyl (C=O) groups is 4. The molecule has 0 aliphatic carbocycles. The van der Waals surface area contributed by atoms with Crippen molar-refractivity contribution in [1.29, 1.82) is 0 Å². The van der Waals surface area contributed by atoms with Gasteiger partial charge in [-0.25, -0.2) is 0 Å². The second kappa shape index (κ2) is 9.46. The number of imide groups is 2. The second-order valence-electron chi connectivity index (χ2n) is 7.06. The molecule has 1 unspecified atom stereocenters. The number of amides is 4. The maximum Gasteiger partial charge on any atom is 0.263 e. The van der Waals surface area contributed by atoms with Gasteiger partial charge in [0.15, 0.2) is 0 Å². The summed E-state index contributed by atoms with van der Waals surface area (Å²) in [6.07, 6.45) is 0. The SMILES string of the molecule is CC(CN1C(=O)c2c(Br)c(Br)c(Br)c(Br)c2C1=O)N1C(=O)c2c(Br)c(Br)c(Br)c(Br)c2C1=O. The van der Waals surface area contributed by atoms with Crippen molar-refractivity contribution in [2.24, 2.45) is 0 Å². The van der Waals surface area contributed by atoms with Crippen LogP contribution >= 0.6 is 127 Å². The molecule has 33 heavy (non-hydrogen) atoms. The van der Waals surface area contributed by atoms with Gasteiger partial charge < -0.3 is 0 Å². The van der Waals surface area contributed by atoms with Crippen molar-refractivity contribution < 1.29 is 19.2 Å². The topological polar surface area (TPSA) is 74.8 Å². The van der Waals surface area contributed by atoms with Gasteiger partial charge in [0.25, 0.3) is 23.6 Å². The summed E-state index contributed by atoms with van der Waals surface area (Å²) in [5.41, 5.74) is 0.814. The van der Waals surface area contributed by atoms with Crippen LogP contribution in [0.25, 0.3) is 0 Å². The normalized spacial score (nSPS) is 16.2. The van der Waals surface area contributed by atoms with Crippen LogP contribution < -0.4 is 0 Å². The Balaban J connectivity index is 1.71. The lowest BCUT2D eigenvalue weighted by Crippen LogP contribution is -2.46. The van der Waals surface area contributed by atoms with Crippen LogP contribution in [0, 0.1) is 0 Å². The number of halogens is 8. The Labute approximate surface area is 254 Å². The molecule has 2 aromatic rings. The van der Waals surface area contributed by atoms with Gasteiger partial charge in [0.1, 0.15) is 0 Å². The molecule has 6 nitrogen and oxygen atoms in total. The second-order valence-corrected chi connectivity index (χ2v) is 13.4. The molecular formula is C19H6Br8N2O4. The molecule has 0 fully saturated rings. The zero-order valence-corrected chi connectivity index (χ0v) is 28.5. The predicted molar refractivity (Wildman–Crippen MR) is 150 cm³/mol. The number of fused-ring (bicyclic) bond motifs is 2. The van der Waals surface area contributed by atoms with Crippen LogP contribution in [0.15, 0.2) is 35.8 Å². The highest BCUT2D eigenvalue weighted by Gasteiger charge is 2.46. The Morgan fingerprint density at radius 2 is 0.788 bits per heavy atom. The summed E-state index contributed by atoms with van der Waals surface area (Å²) in [7, 11) is 0. The summed E-state index contributed by atoms with van der Waals surface area (Å²) in [6.45, 7) is 1.45. The van der Waals surface area contributed by atoms with Gasteiger partial charge in [0, 0.05) is 35.8 Å². The molecule has 2 heterocycles. The summed E-state index contributed by atoms with van der Waals surface area (Å²) < 4.78 is 4.05. The Hall–Kier alpha value is 0.560. The lowest BCUT2D eigenvalue weighted by atomic mass is 10.1. The maximum absolute atomic E-state index is 13.2. The van der Waals surface area contributed by atoms with E-state index in [2.05, 4.69) is 127 Å². The summed E-state index contributed by atoms with van der Waals surface area (Å²) in [5.74, 6) is -2.08. The van der Waals surface area contributed by atoms with Crippen molar-refractivity contribution >= 4 is 151 Å². The molecule has 0 bridgehead atoms. The fraction of sp³-hybridized carbons (Fsp3) is 0.158. The van der Waals surface area contributed by atoms with E-state index in [1.54, 1.807) is 6.92 Å². The van der Waals surface area contributed by atoms with E-state index in [9.17, 15) is 19.2 Å². The summed E-state index contributed by atoms with van der Waals surface area (Å²) in [5, 5.41) is 0. The molecule has 0 saturated heterocycles. The molecule has 0 aromatic heterocycles. The zero-order chi connectivity index (χ0) is 24.7. The average molecular weight is 965 g/mol. The van der Waals surface area contributed by atoms with Gasteiger partial charge in [0.05, 0.1) is 34.8 Å². The maximum atomic E-state index is 13.2. The molecule has 0 radical (unpaired) electrons. The average Bonchev–Trinajstić information content (AvgIpc) is 3.17. The van der Waals surface area contributed by atoms with Crippen LogP contribution in [0.4, 0.5) is 0 Å². The van der Waals surface area contributed by atoms with Crippen molar-refractivity contribution in [2.75, 3.05) is 6.54 Å². The van der Waals surface area contributed by atoms with E-state index in [0.717, 1.165) is 9.80 Å². The third kappa shape index (κ3) is 3.88. The molecule has 2 aliphatic rings. The Morgan fingerprint density at radius 1 is 0.515 bits per heavy atom. The first-order chi connectivity index (χ1) is 15.3. The van der Waals surface area contributed by atoms with E-state index in [1.807, 2.05) is 0 Å². The fourth-order valence-electron chi connectivity index (χ4n) is 3.67. The minimum Gasteiger partial charge on any atom is -0.272 e. The van der Waals surface area contributed by atoms with Crippen LogP contribution in [0.1, 0.15) is 48.4 Å². The lowest BCUT2D eigenvalue weighted by molar-refractivity contribution is 0.0492. The first-order valence-corrected chi connectivity index (χ1v) is 15.1. The van der Waals surface area contributed by atoms with Gasteiger partial charge in [-0.2, -0.15) is 0 Å². The van der Waals surface area contributed by atoms with Gasteiger partial charge in [0.2, 0.25) is 0 Å². The van der Waals surface area contributed by atoms with E-state index < -0.39 is 29.7 Å². The number of carbonyl (C=O) groups excluding carboxylic acids is 4. The van der Waals surface area contributed by atoms with Gasteiger partial charge in [-0.3, -0.25) is 29.0 Å². The molecule has 172 valence electrons. The molecule has 0 N–H and O–H groups in total. The largest absolute Gasteiger partial charge is 0.272 e. The van der Waals surface area contributed by atoms with Gasteiger partial charge >= 0.3 is 0 Å². The molecule has 1 atom stereocenters. The van der Waals surface area contributed by atoms with Gasteiger partial charge in [-0.1, -0.05) is 0 Å². The number of nitrogens with zero attached hydrogens (tertiary/aromatic N) is 2. The van der Waals surface area contributed by atoms with Crippen LogP contribution in [0.3, 0.4) is 0 Å². The summed E-state index contributed by atoms with van der Waals surface area (Å²) in [6, 6.07) is -0.777. The first kappa shape index (κ1) is 26.6. The van der Waals surface area contributed by atoms with E-state index in [4.69, 9.17) is 0 Å². The van der Waals surface area contributed by atoms with Gasteiger partial charge in [-0.05, 0) is 134 Å². The Bertz CT molecular complexity index is 1250. The highest BCUT2D eigenvalue weighted by molar-refractivity contribution is 9.15. The number of rotatable bonds is 3. The fourth-order valence-corrected chi connectivity index (χ4v) is 8.59. The van der Waals surface area contributed by atoms with Crippen LogP contribution in [-0.2, 0) is 0 Å². The third-order valence-corrected chi connectivity index (χ3v) is 14.7. The van der Waals surface area contributed by atoms with E-state index in [0.29, 0.717) is 35.8 Å². The quantitative estimate of drug-likeness (QED) is 0.177. The van der Waals surface area contributed by atoms with Crippen LogP contribution in [-0.4, -0.2) is 46.0 Å². The molecule has 0 spiro atoms. The van der Waals surface area contributed by atoms with Crippen molar-refractivity contribution in [2.45, 2.75) is 13.0 Å². The standard InChI is InChI=1S/C19H6Br8N2O4/c1-3(29-18(32)6-7(19(29)33)11(23)15(27)14(26)10(6)22)2-28-16(30)4-5(17(28)31)9(21)13(25)12(24)8(4)20/h3H,2H2,1H3. The molecule has 14 heteroatoms. The summed E-state index contributed by atoms with van der Waals surface area (Å²) in [4.78, 5) is 54.9. The predicted octanol–water partition coefficient (Wildman–Crippen LogP) is 8.07. The highest BCUT2D eigenvalue weighted by atomic mass is 79.9. The zero-order valence-electron chi connectivity index (χ0n) is 15.8. The first-order valence-electron chi connectivity index (χ1n) is 8.78. The number of hydrogen-bond acceptors (Lipinski definition) is 4. The molecule has 0 saturated carbocycles. The van der Waals surface area contributed by atoms with E-state index >= 15 is 0 Å². The minimum absolute atomic E-state index is 0.163. The Morgan fingerprint density at radius 3 is 1.09 bits per heavy atom. The van der Waals surface area contributed by atoms with Crippen molar-refractivity contribution in [3.63, 3.8) is 0 Å². The van der Waals surface area contributed by atoms with Crippen molar-refractivity contribution in [3.05, 3.63) is 58.0 Å². The molecule has 2 aromatic carbocycles. The molecular weight excluding hydrogens is 959 g/mol. The van der Waals surface area contributed by atoms with Crippen molar-refractivity contribution in [1.82, 2.24) is 9.80 Å². The summed E-state index contributed by atoms with van der Waals surface area (Å²) >= 11 is 27.1. The lowest BCUT2D eigenvalue weighted by Gasteiger charge is -2.26. The molecule has 4 amide bonds. The van der Waals surface area contributed by atoms with Gasteiger partial charge in [-0.15, -0.1) is 0 Å². The highest BCUT2D eigenvalue weighted by Crippen LogP contribution is 2.47. The number of hydrogen-bond donors (Lipinski definition) is 0. The smallest absolute Gasteiger partial charge is 0.263 e. The minimum atomic E-state index is -0.777. The van der Waals surface area contributed by atoms with E-state index in [-0.39, 0.29) is 28.8 Å². The van der Waals surface area contributed by atoms with E-state index in [1.165, 1.54) is 0 Å². The van der Waals surface area contributed by atoms with Crippen molar-refractivity contribution in [3.8, 4) is 0 Å². The molecule has 4 rings (SSSR count). The number of benzene rings is 2. The Kier molecular flexibility index (Phi) is 7.63. The van der Waals surface area contributed by atoms with Crippen LogP contribution in [0.5, 0.6) is 0 Å². The molecule has 2 aliphatic heterocycles. The van der Waals surface area contributed by atoms with Crippen LogP contribution in [0.2, 0.25) is 0 Å².